The second kappa shape index (κ2) is 4.14. The van der Waals surface area contributed by atoms with E-state index in [1.807, 2.05) is 0 Å². The fourth-order valence-electron chi connectivity index (χ4n) is 0.296. The van der Waals surface area contributed by atoms with Crippen LogP contribution in [0.3, 0.4) is 0 Å². The van der Waals surface area contributed by atoms with Gasteiger partial charge in [0.25, 0.3) is 0 Å². The molecule has 7 nitrogen and oxygen atoms in total. The number of nitro groups is 1. The zero-order chi connectivity index (χ0) is 8.15. The van der Waals surface area contributed by atoms with Gasteiger partial charge in [-0.1, -0.05) is 4.41 Å². The molecule has 1 N–H and O–H groups in total. The number of nitrogens with zero attached hydrogens (tertiary/aromatic N) is 2. The minimum absolute atomic E-state index is 0.0972. The van der Waals surface area contributed by atoms with Crippen LogP contribution in [0.2, 0.25) is 0 Å². The highest BCUT2D eigenvalue weighted by molar-refractivity contribution is 7.76. The molecule has 10 heavy (non-hydrogen) atoms. The molecule has 1 unspecified atom stereocenters. The summed E-state index contributed by atoms with van der Waals surface area (Å²) in [4.78, 5) is 9.76. The van der Waals surface area contributed by atoms with E-state index in [2.05, 4.69) is 0 Å². The van der Waals surface area contributed by atoms with Crippen LogP contribution >= 0.6 is 0 Å². The number of hydrazine groups is 1. The number of aliphatic hydroxyl groups excluding tert-OH is 1. The monoisotopic (exact) mass is 169 g/mol. The van der Waals surface area contributed by atoms with E-state index in [0.717, 1.165) is 0 Å². The van der Waals surface area contributed by atoms with Gasteiger partial charge in [0.2, 0.25) is 0 Å². The predicted molar refractivity (Wildman–Crippen MR) is 29.7 cm³/mol. The molecular formula is C2H5N2O5S-. The van der Waals surface area contributed by atoms with Crippen LogP contribution < -0.4 is 0 Å². The molecule has 0 aliphatic heterocycles. The van der Waals surface area contributed by atoms with Crippen molar-refractivity contribution in [1.82, 2.24) is 4.41 Å². The first-order valence-corrected chi connectivity index (χ1v) is 3.25. The predicted octanol–water partition coefficient (Wildman–Crippen LogP) is -1.73. The lowest BCUT2D eigenvalue weighted by molar-refractivity contribution is -0.620. The van der Waals surface area contributed by atoms with Gasteiger partial charge in [0.15, 0.2) is 5.03 Å². The van der Waals surface area contributed by atoms with Crippen molar-refractivity contribution in [2.45, 2.75) is 0 Å². The van der Waals surface area contributed by atoms with Crippen molar-refractivity contribution in [2.75, 3.05) is 13.2 Å². The van der Waals surface area contributed by atoms with Crippen LogP contribution in [0.5, 0.6) is 0 Å². The highest BCUT2D eigenvalue weighted by atomic mass is 32.2. The fraction of sp³-hybridized carbons (Fsp3) is 1.00. The van der Waals surface area contributed by atoms with E-state index in [4.69, 9.17) is 5.11 Å². The van der Waals surface area contributed by atoms with E-state index < -0.39 is 29.5 Å². The van der Waals surface area contributed by atoms with Gasteiger partial charge in [-0.25, -0.2) is 14.3 Å². The third kappa shape index (κ3) is 2.71. The molecule has 1 atom stereocenters. The Morgan fingerprint density at radius 3 is 2.30 bits per heavy atom. The molecule has 60 valence electrons. The van der Waals surface area contributed by atoms with E-state index in [9.17, 15) is 18.9 Å². The molecule has 0 aliphatic rings. The van der Waals surface area contributed by atoms with Gasteiger partial charge in [-0.3, -0.25) is 0 Å². The van der Waals surface area contributed by atoms with Crippen LogP contribution in [-0.2, 0) is 11.3 Å². The molecule has 0 heterocycles. The molecule has 0 saturated carbocycles. The molecule has 0 aromatic carbocycles. The topological polar surface area (TPSA) is 107 Å². The Morgan fingerprint density at radius 1 is 1.70 bits per heavy atom. The third-order valence-electron chi connectivity index (χ3n) is 0.645. The van der Waals surface area contributed by atoms with E-state index in [1.54, 1.807) is 0 Å². The first kappa shape index (κ1) is 9.27. The van der Waals surface area contributed by atoms with Crippen molar-refractivity contribution in [2.24, 2.45) is 0 Å². The first-order valence-electron chi connectivity index (χ1n) is 2.21. The van der Waals surface area contributed by atoms with Crippen molar-refractivity contribution >= 4 is 11.3 Å². The Bertz CT molecular complexity index is 135. The summed E-state index contributed by atoms with van der Waals surface area (Å²) in [7, 11) is 0. The average Bonchev–Trinajstić information content (AvgIpc) is 1.81. The molecule has 0 aliphatic carbocycles. The molecule has 0 bridgehead atoms. The summed E-state index contributed by atoms with van der Waals surface area (Å²) < 4.78 is 19.7. The Morgan fingerprint density at radius 2 is 2.20 bits per heavy atom. The van der Waals surface area contributed by atoms with Crippen LogP contribution in [0.1, 0.15) is 0 Å². The van der Waals surface area contributed by atoms with Gasteiger partial charge >= 0.3 is 0 Å². The summed E-state index contributed by atoms with van der Waals surface area (Å²) in [6.45, 7) is -1.10. The van der Waals surface area contributed by atoms with Gasteiger partial charge < -0.3 is 9.66 Å². The molecule has 0 radical (unpaired) electrons. The summed E-state index contributed by atoms with van der Waals surface area (Å²) in [5.41, 5.74) is 0. The Hall–Kier alpha value is -0.730. The maximum absolute atomic E-state index is 9.90. The SMILES string of the molecule is O=[N+]([O-])N(CCO)S(=O)[O-]. The van der Waals surface area contributed by atoms with Crippen molar-refractivity contribution in [1.29, 1.82) is 0 Å². The quantitative estimate of drug-likeness (QED) is 0.305. The number of hydrogen-bond acceptors (Lipinski definition) is 5. The summed E-state index contributed by atoms with van der Waals surface area (Å²) in [5.74, 6) is 0. The summed E-state index contributed by atoms with van der Waals surface area (Å²) in [6, 6.07) is 0. The smallest absolute Gasteiger partial charge is 0.172 e. The lowest BCUT2D eigenvalue weighted by Crippen LogP contribution is -2.34. The van der Waals surface area contributed by atoms with Crippen LogP contribution in [0.15, 0.2) is 0 Å². The molecule has 8 heteroatoms. The molecule has 0 fully saturated rings. The van der Waals surface area contributed by atoms with Gasteiger partial charge in [-0.05, 0) is 0 Å². The van der Waals surface area contributed by atoms with E-state index in [0.29, 0.717) is 0 Å². The van der Waals surface area contributed by atoms with Crippen molar-refractivity contribution < 1.29 is 18.9 Å². The van der Waals surface area contributed by atoms with Crippen LogP contribution in [0.25, 0.3) is 0 Å². The third-order valence-corrected chi connectivity index (χ3v) is 1.31. The van der Waals surface area contributed by atoms with Gasteiger partial charge in [-0.2, -0.15) is 0 Å². The van der Waals surface area contributed by atoms with Crippen LogP contribution in [0, 0.1) is 10.1 Å². The lowest BCUT2D eigenvalue weighted by Gasteiger charge is -2.13. The molecule has 0 aromatic rings. The van der Waals surface area contributed by atoms with Crippen molar-refractivity contribution in [3.63, 3.8) is 0 Å². The molecule has 0 amide bonds. The van der Waals surface area contributed by atoms with Gasteiger partial charge in [0.05, 0.1) is 6.61 Å². The molecule has 0 rings (SSSR count). The zero-order valence-electron chi connectivity index (χ0n) is 4.80. The van der Waals surface area contributed by atoms with E-state index >= 15 is 0 Å². The average molecular weight is 169 g/mol. The largest absolute Gasteiger partial charge is 0.751 e. The Labute approximate surface area is 58.8 Å². The van der Waals surface area contributed by atoms with Gasteiger partial charge in [0.1, 0.15) is 17.8 Å². The second-order valence-corrected chi connectivity index (χ2v) is 2.11. The fourth-order valence-corrected chi connectivity index (χ4v) is 0.636. The van der Waals surface area contributed by atoms with Crippen LogP contribution in [-0.4, -0.2) is 36.5 Å². The van der Waals surface area contributed by atoms with E-state index in [1.165, 1.54) is 0 Å². The van der Waals surface area contributed by atoms with Crippen LogP contribution in [0.4, 0.5) is 0 Å². The maximum Gasteiger partial charge on any atom is 0.172 e. The highest BCUT2D eigenvalue weighted by Gasteiger charge is 2.12. The number of aliphatic hydroxyl groups is 1. The van der Waals surface area contributed by atoms with Crippen molar-refractivity contribution in [3.8, 4) is 0 Å². The van der Waals surface area contributed by atoms with Crippen molar-refractivity contribution in [3.05, 3.63) is 10.1 Å². The number of rotatable bonds is 4. The first-order chi connectivity index (χ1) is 4.59. The molecule has 0 spiro atoms. The molecule has 0 saturated heterocycles. The Balaban J connectivity index is 3.98. The minimum Gasteiger partial charge on any atom is -0.751 e. The Kier molecular flexibility index (Phi) is 3.84. The zero-order valence-corrected chi connectivity index (χ0v) is 5.61. The summed E-state index contributed by atoms with van der Waals surface area (Å²) >= 11 is -2.91. The molecular weight excluding hydrogens is 164 g/mol. The normalized spacial score (nSPS) is 12.6. The standard InChI is InChI=1S/C2H6N2O5S/c5-2-1-3(4(6)7)10(8)9/h5H,1-2H2,(H,8,9)/p-1. The maximum atomic E-state index is 9.90. The van der Waals surface area contributed by atoms with Gasteiger partial charge in [0, 0.05) is 0 Å². The van der Waals surface area contributed by atoms with Gasteiger partial charge in [-0.15, -0.1) is 0 Å². The minimum atomic E-state index is -2.91. The lowest BCUT2D eigenvalue weighted by atomic mass is 10.7. The highest BCUT2D eigenvalue weighted by Crippen LogP contribution is 1.89. The number of hydrogen-bond donors (Lipinski definition) is 1. The summed E-state index contributed by atoms with van der Waals surface area (Å²) in [5, 5.41) is 16.8. The van der Waals surface area contributed by atoms with E-state index in [-0.39, 0.29) is 4.41 Å². The molecule has 0 aromatic heterocycles. The second-order valence-electron chi connectivity index (χ2n) is 1.25. The summed E-state index contributed by atoms with van der Waals surface area (Å²) in [6.07, 6.45) is 0.